The van der Waals surface area contributed by atoms with Crippen molar-refractivity contribution in [2.75, 3.05) is 18.8 Å². The fourth-order valence-corrected chi connectivity index (χ4v) is 3.27. The molecule has 0 amide bonds. The first kappa shape index (κ1) is 12.9. The van der Waals surface area contributed by atoms with Crippen molar-refractivity contribution in [3.63, 3.8) is 0 Å². The molecule has 15 heavy (non-hydrogen) atoms. The number of nitrogens with zero attached hydrogens (tertiary/aromatic N) is 1. The summed E-state index contributed by atoms with van der Waals surface area (Å²) in [7, 11) is -3.26. The highest BCUT2D eigenvalue weighted by Gasteiger charge is 2.32. The summed E-state index contributed by atoms with van der Waals surface area (Å²) in [6.07, 6.45) is 0.634. The lowest BCUT2D eigenvalue weighted by Gasteiger charge is -2.31. The average Bonchev–Trinajstić information content (AvgIpc) is 2.19. The number of sulfonamides is 1. The highest BCUT2D eigenvalue weighted by atomic mass is 32.2. The summed E-state index contributed by atoms with van der Waals surface area (Å²) in [6, 6.07) is -0.511. The average molecular weight is 238 g/mol. The SMILES string of the molecule is CCCCS(=O)(=O)N1CCC(N)C(F)C1. The molecule has 0 aromatic rings. The zero-order valence-electron chi connectivity index (χ0n) is 9.02. The quantitative estimate of drug-likeness (QED) is 0.775. The number of piperidine rings is 1. The molecule has 1 fully saturated rings. The molecular weight excluding hydrogens is 219 g/mol. The van der Waals surface area contributed by atoms with Crippen LogP contribution in [0.1, 0.15) is 26.2 Å². The van der Waals surface area contributed by atoms with E-state index in [-0.39, 0.29) is 12.3 Å². The van der Waals surface area contributed by atoms with Crippen molar-refractivity contribution in [2.24, 2.45) is 5.73 Å². The standard InChI is InChI=1S/C9H19FN2O2S/c1-2-3-6-15(13,14)12-5-4-9(11)8(10)7-12/h8-9H,2-7,11H2,1H3. The molecule has 0 aliphatic carbocycles. The molecule has 2 N–H and O–H groups in total. The van der Waals surface area contributed by atoms with Crippen molar-refractivity contribution < 1.29 is 12.8 Å². The van der Waals surface area contributed by atoms with Crippen LogP contribution in [0.25, 0.3) is 0 Å². The van der Waals surface area contributed by atoms with Gasteiger partial charge in [0.1, 0.15) is 6.17 Å². The van der Waals surface area contributed by atoms with Gasteiger partial charge in [0.05, 0.1) is 5.75 Å². The minimum atomic E-state index is -3.26. The maximum absolute atomic E-state index is 13.2. The van der Waals surface area contributed by atoms with Gasteiger partial charge in [-0.2, -0.15) is 4.31 Å². The van der Waals surface area contributed by atoms with Gasteiger partial charge < -0.3 is 5.73 Å². The second kappa shape index (κ2) is 5.23. The molecule has 0 spiro atoms. The number of halogens is 1. The van der Waals surface area contributed by atoms with Crippen molar-refractivity contribution in [1.82, 2.24) is 4.31 Å². The van der Waals surface area contributed by atoms with Crippen LogP contribution in [0.15, 0.2) is 0 Å². The topological polar surface area (TPSA) is 63.4 Å². The number of hydrogen-bond acceptors (Lipinski definition) is 3. The molecule has 1 aliphatic rings. The molecule has 0 radical (unpaired) electrons. The number of rotatable bonds is 4. The Bertz CT molecular complexity index is 294. The molecule has 4 nitrogen and oxygen atoms in total. The molecule has 90 valence electrons. The minimum Gasteiger partial charge on any atom is -0.325 e. The van der Waals surface area contributed by atoms with Crippen molar-refractivity contribution in [3.05, 3.63) is 0 Å². The van der Waals surface area contributed by atoms with Crippen LogP contribution in [-0.2, 0) is 10.0 Å². The van der Waals surface area contributed by atoms with Gasteiger partial charge in [0.25, 0.3) is 0 Å². The van der Waals surface area contributed by atoms with Crippen molar-refractivity contribution >= 4 is 10.0 Å². The van der Waals surface area contributed by atoms with E-state index in [0.29, 0.717) is 19.4 Å². The Labute approximate surface area is 90.7 Å². The Hall–Kier alpha value is -0.200. The van der Waals surface area contributed by atoms with E-state index in [1.165, 1.54) is 4.31 Å². The lowest BCUT2D eigenvalue weighted by Crippen LogP contribution is -2.50. The van der Waals surface area contributed by atoms with Crippen LogP contribution in [-0.4, -0.2) is 43.8 Å². The van der Waals surface area contributed by atoms with Gasteiger partial charge in [-0.3, -0.25) is 0 Å². The summed E-state index contributed by atoms with van der Waals surface area (Å²) in [5.74, 6) is 0.117. The van der Waals surface area contributed by atoms with E-state index in [9.17, 15) is 12.8 Å². The van der Waals surface area contributed by atoms with E-state index in [0.717, 1.165) is 6.42 Å². The van der Waals surface area contributed by atoms with E-state index in [2.05, 4.69) is 0 Å². The molecule has 1 aliphatic heterocycles. The summed E-state index contributed by atoms with van der Waals surface area (Å²) in [6.45, 7) is 2.21. The summed E-state index contributed by atoms with van der Waals surface area (Å²) < 4.78 is 37.9. The highest BCUT2D eigenvalue weighted by molar-refractivity contribution is 7.89. The zero-order valence-corrected chi connectivity index (χ0v) is 9.84. The van der Waals surface area contributed by atoms with Gasteiger partial charge >= 0.3 is 0 Å². The van der Waals surface area contributed by atoms with Gasteiger partial charge in [0.15, 0.2) is 0 Å². The van der Waals surface area contributed by atoms with Gasteiger partial charge in [-0.15, -0.1) is 0 Å². The number of alkyl halides is 1. The fourth-order valence-electron chi connectivity index (χ4n) is 1.60. The summed E-state index contributed by atoms with van der Waals surface area (Å²) in [5, 5.41) is 0. The maximum atomic E-state index is 13.2. The van der Waals surface area contributed by atoms with Crippen molar-refractivity contribution in [3.8, 4) is 0 Å². The van der Waals surface area contributed by atoms with Crippen LogP contribution >= 0.6 is 0 Å². The molecule has 1 saturated heterocycles. The van der Waals surface area contributed by atoms with Crippen LogP contribution < -0.4 is 5.73 Å². The van der Waals surface area contributed by atoms with Gasteiger partial charge in [-0.05, 0) is 12.8 Å². The molecule has 2 unspecified atom stereocenters. The Morgan fingerprint density at radius 2 is 2.20 bits per heavy atom. The molecule has 0 saturated carbocycles. The second-order valence-corrected chi connectivity index (χ2v) is 6.08. The van der Waals surface area contributed by atoms with Crippen molar-refractivity contribution in [1.29, 1.82) is 0 Å². The Morgan fingerprint density at radius 3 is 2.73 bits per heavy atom. The van der Waals surface area contributed by atoms with Gasteiger partial charge in [0, 0.05) is 19.1 Å². The number of nitrogens with two attached hydrogens (primary N) is 1. The predicted octanol–water partition coefficient (Wildman–Crippen LogP) is 0.487. The third-order valence-electron chi connectivity index (χ3n) is 2.70. The van der Waals surface area contributed by atoms with Gasteiger partial charge in [-0.1, -0.05) is 13.3 Å². The van der Waals surface area contributed by atoms with E-state index in [4.69, 9.17) is 5.73 Å². The molecule has 0 bridgehead atoms. The third kappa shape index (κ3) is 3.39. The second-order valence-electron chi connectivity index (χ2n) is 4.00. The Morgan fingerprint density at radius 1 is 1.53 bits per heavy atom. The van der Waals surface area contributed by atoms with E-state index >= 15 is 0 Å². The van der Waals surface area contributed by atoms with Crippen LogP contribution in [0.5, 0.6) is 0 Å². The van der Waals surface area contributed by atoms with E-state index < -0.39 is 22.2 Å². The van der Waals surface area contributed by atoms with E-state index in [1.807, 2.05) is 6.92 Å². The molecule has 0 aromatic heterocycles. The summed E-state index contributed by atoms with van der Waals surface area (Å²) in [5.41, 5.74) is 5.49. The molecule has 2 atom stereocenters. The predicted molar refractivity (Wildman–Crippen MR) is 57.8 cm³/mol. The lowest BCUT2D eigenvalue weighted by atomic mass is 10.1. The van der Waals surface area contributed by atoms with Crippen LogP contribution in [0, 0.1) is 0 Å². The third-order valence-corrected chi connectivity index (χ3v) is 4.63. The summed E-state index contributed by atoms with van der Waals surface area (Å²) in [4.78, 5) is 0. The van der Waals surface area contributed by atoms with Crippen LogP contribution in [0.3, 0.4) is 0 Å². The molecule has 1 rings (SSSR count). The summed E-state index contributed by atoms with van der Waals surface area (Å²) >= 11 is 0. The number of unbranched alkanes of at least 4 members (excludes halogenated alkanes) is 1. The Kier molecular flexibility index (Phi) is 4.48. The fraction of sp³-hybridized carbons (Fsp3) is 1.00. The van der Waals surface area contributed by atoms with Gasteiger partial charge in [0.2, 0.25) is 10.0 Å². The van der Waals surface area contributed by atoms with E-state index in [1.54, 1.807) is 0 Å². The van der Waals surface area contributed by atoms with Crippen LogP contribution in [0.2, 0.25) is 0 Å². The zero-order chi connectivity index (χ0) is 11.5. The Balaban J connectivity index is 2.57. The minimum absolute atomic E-state index is 0.0762. The van der Waals surface area contributed by atoms with Crippen LogP contribution in [0.4, 0.5) is 4.39 Å². The normalized spacial score (nSPS) is 29.3. The highest BCUT2D eigenvalue weighted by Crippen LogP contribution is 2.16. The van der Waals surface area contributed by atoms with Gasteiger partial charge in [-0.25, -0.2) is 12.8 Å². The smallest absolute Gasteiger partial charge is 0.214 e. The first-order chi connectivity index (χ1) is 6.97. The molecular formula is C9H19FN2O2S. The lowest BCUT2D eigenvalue weighted by molar-refractivity contribution is 0.176. The number of hydrogen-bond donors (Lipinski definition) is 1. The first-order valence-electron chi connectivity index (χ1n) is 5.35. The molecule has 0 aromatic carbocycles. The van der Waals surface area contributed by atoms with Crippen molar-refractivity contribution in [2.45, 2.75) is 38.4 Å². The molecule has 1 heterocycles. The maximum Gasteiger partial charge on any atom is 0.214 e. The largest absolute Gasteiger partial charge is 0.325 e. The molecule has 6 heteroatoms. The monoisotopic (exact) mass is 238 g/mol. The first-order valence-corrected chi connectivity index (χ1v) is 6.95.